The van der Waals surface area contributed by atoms with E-state index in [1.165, 1.54) is 12.5 Å². The molecule has 0 bridgehead atoms. The van der Waals surface area contributed by atoms with Crippen molar-refractivity contribution in [2.24, 2.45) is 5.92 Å². The van der Waals surface area contributed by atoms with Crippen LogP contribution in [0.15, 0.2) is 42.9 Å². The van der Waals surface area contributed by atoms with E-state index in [1.807, 2.05) is 44.2 Å². The van der Waals surface area contributed by atoms with Crippen LogP contribution in [0.4, 0.5) is 0 Å². The number of hydrogen-bond acceptors (Lipinski definition) is 5. The molecular formula is C20H27N3O5. The van der Waals surface area contributed by atoms with Crippen LogP contribution in [0.1, 0.15) is 37.4 Å². The Labute approximate surface area is 164 Å². The zero-order valence-electron chi connectivity index (χ0n) is 16.1. The van der Waals surface area contributed by atoms with E-state index >= 15 is 0 Å². The molecule has 28 heavy (non-hydrogen) atoms. The molecule has 0 fully saturated rings. The molecule has 2 aromatic rings. The van der Waals surface area contributed by atoms with Crippen molar-refractivity contribution in [2.75, 3.05) is 6.54 Å². The second-order valence-electron chi connectivity index (χ2n) is 7.07. The zero-order chi connectivity index (χ0) is 20.5. The fourth-order valence-corrected chi connectivity index (χ4v) is 2.89. The number of aliphatic carboxylic acids is 2. The summed E-state index contributed by atoms with van der Waals surface area (Å²) < 4.78 is 7.29. The zero-order valence-corrected chi connectivity index (χ0v) is 16.1. The van der Waals surface area contributed by atoms with E-state index in [9.17, 15) is 19.8 Å². The Bertz CT molecular complexity index is 760. The number of carbonyl (C=O) groups is 2. The lowest BCUT2D eigenvalue weighted by atomic mass is 10.0. The minimum atomic E-state index is -1.05. The Hall–Kier alpha value is -2.71. The van der Waals surface area contributed by atoms with Crippen molar-refractivity contribution in [1.82, 2.24) is 14.9 Å². The smallest absolute Gasteiger partial charge is 0.320 e. The quantitative estimate of drug-likeness (QED) is 0.510. The van der Waals surface area contributed by atoms with Gasteiger partial charge in [0.25, 0.3) is 0 Å². The fourth-order valence-electron chi connectivity index (χ4n) is 2.89. The minimum absolute atomic E-state index is 0.0105. The van der Waals surface area contributed by atoms with Crippen LogP contribution in [-0.2, 0) is 27.7 Å². The highest BCUT2D eigenvalue weighted by molar-refractivity contribution is 5.76. The summed E-state index contributed by atoms with van der Waals surface area (Å²) in [6.07, 6.45) is 3.41. The molecule has 0 saturated carbocycles. The third kappa shape index (κ3) is 6.47. The standard InChI is InChI=1S/C20H27N3O5/c1-14(2)8-17(20(26)27)22-9-16(19(24)25)18-10-21-12-23(18)13-28-11-15-6-4-3-5-7-15/h3-7,10,12,14,16-17,22H,8-9,11,13H2,1-2H3,(H,24,25)(H,26,27). The summed E-state index contributed by atoms with van der Waals surface area (Å²) in [7, 11) is 0. The normalized spacial score (nSPS) is 13.4. The van der Waals surface area contributed by atoms with E-state index in [4.69, 9.17) is 4.74 Å². The monoisotopic (exact) mass is 389 g/mol. The van der Waals surface area contributed by atoms with Crippen molar-refractivity contribution in [2.45, 2.75) is 45.6 Å². The maximum Gasteiger partial charge on any atom is 0.320 e. The van der Waals surface area contributed by atoms with Crippen LogP contribution in [0.3, 0.4) is 0 Å². The van der Waals surface area contributed by atoms with E-state index in [1.54, 1.807) is 4.57 Å². The molecule has 0 aliphatic rings. The Balaban J connectivity index is 2.00. The number of nitrogens with one attached hydrogen (secondary N) is 1. The van der Waals surface area contributed by atoms with Gasteiger partial charge in [0.2, 0.25) is 0 Å². The Morgan fingerprint density at radius 3 is 2.50 bits per heavy atom. The third-order valence-electron chi connectivity index (χ3n) is 4.32. The van der Waals surface area contributed by atoms with Crippen LogP contribution < -0.4 is 5.32 Å². The molecule has 3 N–H and O–H groups in total. The van der Waals surface area contributed by atoms with E-state index in [2.05, 4.69) is 10.3 Å². The first-order valence-corrected chi connectivity index (χ1v) is 9.19. The number of hydrogen-bond donors (Lipinski definition) is 3. The lowest BCUT2D eigenvalue weighted by Crippen LogP contribution is -2.41. The maximum atomic E-state index is 11.8. The lowest BCUT2D eigenvalue weighted by molar-refractivity contribution is -0.142. The van der Waals surface area contributed by atoms with Crippen LogP contribution in [0.2, 0.25) is 0 Å². The topological polar surface area (TPSA) is 114 Å². The summed E-state index contributed by atoms with van der Waals surface area (Å²) in [5.41, 5.74) is 1.47. The van der Waals surface area contributed by atoms with Crippen molar-refractivity contribution in [3.8, 4) is 0 Å². The van der Waals surface area contributed by atoms with Crippen molar-refractivity contribution >= 4 is 11.9 Å². The Kier molecular flexibility index (Phi) is 8.16. The first kappa shape index (κ1) is 21.6. The minimum Gasteiger partial charge on any atom is -0.481 e. The maximum absolute atomic E-state index is 11.8. The predicted octanol–water partition coefficient (Wildman–Crippen LogP) is 2.31. The second-order valence-corrected chi connectivity index (χ2v) is 7.07. The lowest BCUT2D eigenvalue weighted by Gasteiger charge is -2.20. The molecule has 1 aromatic heterocycles. The molecule has 1 aromatic carbocycles. The van der Waals surface area contributed by atoms with Gasteiger partial charge in [-0.05, 0) is 17.9 Å². The Morgan fingerprint density at radius 2 is 1.89 bits per heavy atom. The highest BCUT2D eigenvalue weighted by Gasteiger charge is 2.27. The second kappa shape index (κ2) is 10.6. The van der Waals surface area contributed by atoms with Crippen LogP contribution in [-0.4, -0.2) is 44.3 Å². The van der Waals surface area contributed by atoms with Gasteiger partial charge >= 0.3 is 11.9 Å². The van der Waals surface area contributed by atoms with Gasteiger partial charge in [0.15, 0.2) is 0 Å². The van der Waals surface area contributed by atoms with E-state index in [-0.39, 0.29) is 19.2 Å². The Morgan fingerprint density at radius 1 is 1.18 bits per heavy atom. The van der Waals surface area contributed by atoms with Gasteiger partial charge in [-0.2, -0.15) is 0 Å². The molecule has 0 amide bonds. The van der Waals surface area contributed by atoms with Crippen molar-refractivity contribution < 1.29 is 24.5 Å². The highest BCUT2D eigenvalue weighted by Crippen LogP contribution is 2.17. The van der Waals surface area contributed by atoms with Crippen LogP contribution in [0.25, 0.3) is 0 Å². The van der Waals surface area contributed by atoms with Gasteiger partial charge in [0.1, 0.15) is 18.7 Å². The first-order chi connectivity index (χ1) is 13.4. The number of carboxylic acids is 2. The molecule has 1 heterocycles. The van der Waals surface area contributed by atoms with Crippen molar-refractivity contribution in [3.05, 3.63) is 54.1 Å². The fraction of sp³-hybridized carbons (Fsp3) is 0.450. The first-order valence-electron chi connectivity index (χ1n) is 9.19. The summed E-state index contributed by atoms with van der Waals surface area (Å²) in [5.74, 6) is -2.80. The number of ether oxygens (including phenoxy) is 1. The molecule has 0 aliphatic carbocycles. The molecule has 0 radical (unpaired) electrons. The largest absolute Gasteiger partial charge is 0.481 e. The number of rotatable bonds is 12. The summed E-state index contributed by atoms with van der Waals surface area (Å²) >= 11 is 0. The van der Waals surface area contributed by atoms with Gasteiger partial charge in [0.05, 0.1) is 18.6 Å². The number of aromatic nitrogens is 2. The van der Waals surface area contributed by atoms with Crippen LogP contribution in [0, 0.1) is 5.92 Å². The molecule has 0 spiro atoms. The van der Waals surface area contributed by atoms with Crippen molar-refractivity contribution in [1.29, 1.82) is 0 Å². The summed E-state index contributed by atoms with van der Waals surface area (Å²) in [5, 5.41) is 21.8. The van der Waals surface area contributed by atoms with Gasteiger partial charge < -0.3 is 24.8 Å². The molecule has 0 aliphatic heterocycles. The highest BCUT2D eigenvalue weighted by atomic mass is 16.5. The molecule has 2 atom stereocenters. The summed E-state index contributed by atoms with van der Waals surface area (Å²) in [4.78, 5) is 27.2. The molecule has 8 heteroatoms. The molecule has 0 saturated heterocycles. The van der Waals surface area contributed by atoms with Crippen LogP contribution >= 0.6 is 0 Å². The van der Waals surface area contributed by atoms with Gasteiger partial charge in [-0.1, -0.05) is 44.2 Å². The molecule has 152 valence electrons. The molecule has 2 unspecified atom stereocenters. The van der Waals surface area contributed by atoms with Gasteiger partial charge in [-0.3, -0.25) is 9.59 Å². The number of imidazole rings is 1. The molecular weight excluding hydrogens is 362 g/mol. The van der Waals surface area contributed by atoms with E-state index in [0.29, 0.717) is 18.7 Å². The third-order valence-corrected chi connectivity index (χ3v) is 4.32. The average molecular weight is 389 g/mol. The number of benzene rings is 1. The summed E-state index contributed by atoms with van der Waals surface area (Å²) in [6.45, 7) is 4.38. The SMILES string of the molecule is CC(C)CC(NCC(C(=O)O)c1cncn1COCc1ccccc1)C(=O)O. The van der Waals surface area contributed by atoms with E-state index in [0.717, 1.165) is 5.56 Å². The summed E-state index contributed by atoms with van der Waals surface area (Å²) in [6, 6.07) is 8.85. The number of nitrogens with zero attached hydrogens (tertiary/aromatic N) is 2. The average Bonchev–Trinajstić information content (AvgIpc) is 3.09. The van der Waals surface area contributed by atoms with Gasteiger partial charge in [0, 0.05) is 12.7 Å². The van der Waals surface area contributed by atoms with E-state index < -0.39 is 23.9 Å². The van der Waals surface area contributed by atoms with Gasteiger partial charge in [-0.15, -0.1) is 0 Å². The van der Waals surface area contributed by atoms with Crippen LogP contribution in [0.5, 0.6) is 0 Å². The van der Waals surface area contributed by atoms with Crippen molar-refractivity contribution in [3.63, 3.8) is 0 Å². The molecule has 2 rings (SSSR count). The van der Waals surface area contributed by atoms with Gasteiger partial charge in [-0.25, -0.2) is 4.98 Å². The molecule has 8 nitrogen and oxygen atoms in total. The predicted molar refractivity (Wildman–Crippen MR) is 103 cm³/mol. The number of carboxylic acid groups (broad SMARTS) is 2.